The van der Waals surface area contributed by atoms with Crippen LogP contribution in [-0.4, -0.2) is 12.5 Å². The van der Waals surface area contributed by atoms with Gasteiger partial charge in [-0.3, -0.25) is 0 Å². The zero-order valence-corrected chi connectivity index (χ0v) is 10.5. The van der Waals surface area contributed by atoms with Gasteiger partial charge in [0.1, 0.15) is 0 Å². The van der Waals surface area contributed by atoms with Crippen molar-refractivity contribution in [3.8, 4) is 0 Å². The highest BCUT2D eigenvalue weighted by Crippen LogP contribution is 2.22. The molecule has 0 saturated carbocycles. The van der Waals surface area contributed by atoms with Crippen LogP contribution in [0.15, 0.2) is 20.9 Å². The molecular weight excluding hydrogens is 262 g/mol. The number of nitrogens with two attached hydrogens (primary N) is 1. The summed E-state index contributed by atoms with van der Waals surface area (Å²) in [6.45, 7) is 3.62. The largest absolute Gasteiger partial charge is 0.370 e. The average molecular weight is 276 g/mol. The molecule has 3 N–H and O–H groups in total. The first-order valence-electron chi connectivity index (χ1n) is 4.50. The first kappa shape index (κ1) is 11.5. The number of rotatable bonds is 4. The van der Waals surface area contributed by atoms with Crippen LogP contribution in [0.25, 0.3) is 0 Å². The van der Waals surface area contributed by atoms with Gasteiger partial charge in [0.2, 0.25) is 0 Å². The van der Waals surface area contributed by atoms with Gasteiger partial charge in [0.25, 0.3) is 0 Å². The maximum Gasteiger partial charge on any atom is 0.188 e. The van der Waals surface area contributed by atoms with Crippen LogP contribution in [-0.2, 0) is 6.54 Å². The fraction of sp³-hybridized carbons (Fsp3) is 0.444. The van der Waals surface area contributed by atoms with E-state index in [-0.39, 0.29) is 0 Å². The lowest BCUT2D eigenvalue weighted by Crippen LogP contribution is -2.32. The quantitative estimate of drug-likeness (QED) is 0.655. The zero-order valence-electron chi connectivity index (χ0n) is 8.09. The maximum atomic E-state index is 5.65. The summed E-state index contributed by atoms with van der Waals surface area (Å²) in [5.74, 6) is 0.524. The lowest BCUT2D eigenvalue weighted by molar-refractivity contribution is 0.826. The van der Waals surface area contributed by atoms with Crippen molar-refractivity contribution in [3.63, 3.8) is 0 Å². The molecule has 0 aromatic carbocycles. The van der Waals surface area contributed by atoms with E-state index in [1.807, 2.05) is 12.1 Å². The highest BCUT2D eigenvalue weighted by molar-refractivity contribution is 9.11. The maximum absolute atomic E-state index is 5.65. The first-order valence-corrected chi connectivity index (χ1v) is 6.11. The Kier molecular flexibility index (Phi) is 4.97. The van der Waals surface area contributed by atoms with Gasteiger partial charge in [-0.25, -0.2) is 4.99 Å². The number of hydrogen-bond donors (Lipinski definition) is 2. The molecule has 1 aromatic rings. The molecule has 0 aliphatic heterocycles. The van der Waals surface area contributed by atoms with Crippen molar-refractivity contribution < 1.29 is 0 Å². The van der Waals surface area contributed by atoms with E-state index < -0.39 is 0 Å². The third-order valence-electron chi connectivity index (χ3n) is 1.59. The molecule has 1 heterocycles. The Balaban J connectivity index is 2.38. The van der Waals surface area contributed by atoms with Crippen molar-refractivity contribution in [2.75, 3.05) is 6.54 Å². The minimum atomic E-state index is 0.524. The monoisotopic (exact) mass is 275 g/mol. The Hall–Kier alpha value is -0.550. The van der Waals surface area contributed by atoms with Crippen LogP contribution in [0.4, 0.5) is 0 Å². The Morgan fingerprint density at radius 3 is 3.00 bits per heavy atom. The zero-order chi connectivity index (χ0) is 10.4. The van der Waals surface area contributed by atoms with Crippen molar-refractivity contribution in [1.82, 2.24) is 5.32 Å². The number of hydrogen-bond acceptors (Lipinski definition) is 2. The topological polar surface area (TPSA) is 50.4 Å². The summed E-state index contributed by atoms with van der Waals surface area (Å²) in [7, 11) is 0. The first-order chi connectivity index (χ1) is 6.72. The molecule has 0 aliphatic rings. The van der Waals surface area contributed by atoms with Crippen LogP contribution in [0.2, 0.25) is 0 Å². The highest BCUT2D eigenvalue weighted by Gasteiger charge is 1.96. The number of guanidine groups is 1. The number of thiophene rings is 1. The highest BCUT2D eigenvalue weighted by atomic mass is 79.9. The predicted octanol–water partition coefficient (Wildman–Crippen LogP) is 2.32. The second kappa shape index (κ2) is 6.03. The van der Waals surface area contributed by atoms with Gasteiger partial charge in [0.05, 0.1) is 10.3 Å². The van der Waals surface area contributed by atoms with E-state index >= 15 is 0 Å². The van der Waals surface area contributed by atoms with Gasteiger partial charge in [-0.05, 0) is 34.5 Å². The van der Waals surface area contributed by atoms with Gasteiger partial charge in [0, 0.05) is 11.4 Å². The van der Waals surface area contributed by atoms with Crippen LogP contribution in [0.5, 0.6) is 0 Å². The third-order valence-corrected chi connectivity index (χ3v) is 3.20. The van der Waals surface area contributed by atoms with Gasteiger partial charge in [0.15, 0.2) is 5.96 Å². The van der Waals surface area contributed by atoms with Crippen LogP contribution in [0.1, 0.15) is 18.2 Å². The molecule has 0 amide bonds. The molecule has 0 radical (unpaired) electrons. The number of nitrogens with one attached hydrogen (secondary N) is 1. The summed E-state index contributed by atoms with van der Waals surface area (Å²) in [6, 6.07) is 4.07. The molecule has 0 fully saturated rings. The second-order valence-corrected chi connectivity index (χ2v) is 5.38. The molecule has 0 atom stereocenters. The summed E-state index contributed by atoms with van der Waals surface area (Å²) >= 11 is 5.08. The molecule has 0 spiro atoms. The molecule has 3 nitrogen and oxygen atoms in total. The Morgan fingerprint density at radius 2 is 2.43 bits per heavy atom. The summed E-state index contributed by atoms with van der Waals surface area (Å²) < 4.78 is 1.13. The molecule has 0 unspecified atom stereocenters. The Labute approximate surface area is 96.5 Å². The van der Waals surface area contributed by atoms with E-state index in [2.05, 4.69) is 33.2 Å². The van der Waals surface area contributed by atoms with Gasteiger partial charge in [-0.1, -0.05) is 6.92 Å². The number of halogens is 1. The summed E-state index contributed by atoms with van der Waals surface area (Å²) in [6.07, 6.45) is 1.06. The fourth-order valence-corrected chi connectivity index (χ4v) is 2.32. The molecule has 5 heteroatoms. The molecule has 0 saturated heterocycles. The third kappa shape index (κ3) is 4.11. The van der Waals surface area contributed by atoms with E-state index in [0.29, 0.717) is 12.5 Å². The Morgan fingerprint density at radius 1 is 1.64 bits per heavy atom. The summed E-state index contributed by atoms with van der Waals surface area (Å²) in [5, 5.41) is 3.03. The van der Waals surface area contributed by atoms with Gasteiger partial charge in [-0.15, -0.1) is 11.3 Å². The van der Waals surface area contributed by atoms with Crippen LogP contribution < -0.4 is 11.1 Å². The summed E-state index contributed by atoms with van der Waals surface area (Å²) in [5.41, 5.74) is 5.65. The molecule has 78 valence electrons. The van der Waals surface area contributed by atoms with Crippen molar-refractivity contribution in [2.24, 2.45) is 10.7 Å². The van der Waals surface area contributed by atoms with Gasteiger partial charge in [-0.2, -0.15) is 0 Å². The van der Waals surface area contributed by atoms with Crippen molar-refractivity contribution in [3.05, 3.63) is 20.8 Å². The van der Waals surface area contributed by atoms with E-state index in [9.17, 15) is 0 Å². The number of nitrogens with zero attached hydrogens (tertiary/aromatic N) is 1. The lowest BCUT2D eigenvalue weighted by Gasteiger charge is -2.01. The fourth-order valence-electron chi connectivity index (χ4n) is 0.909. The van der Waals surface area contributed by atoms with Gasteiger partial charge >= 0.3 is 0 Å². The predicted molar refractivity (Wildman–Crippen MR) is 65.6 cm³/mol. The van der Waals surface area contributed by atoms with Gasteiger partial charge < -0.3 is 11.1 Å². The molecule has 14 heavy (non-hydrogen) atoms. The normalized spacial score (nSPS) is 11.7. The second-order valence-electron chi connectivity index (χ2n) is 2.83. The summed E-state index contributed by atoms with van der Waals surface area (Å²) in [4.78, 5) is 5.42. The molecule has 1 aromatic heterocycles. The Bertz CT molecular complexity index is 309. The van der Waals surface area contributed by atoms with Crippen LogP contribution >= 0.6 is 27.3 Å². The van der Waals surface area contributed by atoms with Crippen molar-refractivity contribution in [1.29, 1.82) is 0 Å². The molecule has 0 aliphatic carbocycles. The molecule has 1 rings (SSSR count). The minimum Gasteiger partial charge on any atom is -0.370 e. The molecule has 0 bridgehead atoms. The average Bonchev–Trinajstić information content (AvgIpc) is 2.58. The lowest BCUT2D eigenvalue weighted by atomic mass is 10.5. The van der Waals surface area contributed by atoms with Crippen molar-refractivity contribution in [2.45, 2.75) is 19.9 Å². The molecular formula is C9H14BrN3S. The van der Waals surface area contributed by atoms with E-state index in [4.69, 9.17) is 5.73 Å². The SMILES string of the molecule is CCCNC(N)=NCc1ccc(Br)s1. The smallest absolute Gasteiger partial charge is 0.188 e. The van der Waals surface area contributed by atoms with E-state index in [1.54, 1.807) is 11.3 Å². The number of aliphatic imine (C=N–C) groups is 1. The van der Waals surface area contributed by atoms with E-state index in [0.717, 1.165) is 16.8 Å². The standard InChI is InChI=1S/C9H14BrN3S/c1-2-5-12-9(11)13-6-7-3-4-8(10)14-7/h3-4H,2,5-6H2,1H3,(H3,11,12,13). The van der Waals surface area contributed by atoms with Crippen LogP contribution in [0.3, 0.4) is 0 Å². The minimum absolute atomic E-state index is 0.524. The van der Waals surface area contributed by atoms with E-state index in [1.165, 1.54) is 4.88 Å². The van der Waals surface area contributed by atoms with Crippen LogP contribution in [0, 0.1) is 0 Å². The van der Waals surface area contributed by atoms with Crippen molar-refractivity contribution >= 4 is 33.2 Å².